The van der Waals surface area contributed by atoms with Crippen molar-refractivity contribution in [3.8, 4) is 0 Å². The Morgan fingerprint density at radius 1 is 1.62 bits per heavy atom. The fourth-order valence-electron chi connectivity index (χ4n) is 1.53. The molecule has 2 rings (SSSR count). The van der Waals surface area contributed by atoms with Crippen LogP contribution in [0.5, 0.6) is 0 Å². The van der Waals surface area contributed by atoms with Crippen LogP contribution in [-0.4, -0.2) is 26.5 Å². The van der Waals surface area contributed by atoms with Crippen LogP contribution in [-0.2, 0) is 0 Å². The fourth-order valence-corrected chi connectivity index (χ4v) is 1.53. The van der Waals surface area contributed by atoms with Gasteiger partial charge in [0.2, 0.25) is 0 Å². The van der Waals surface area contributed by atoms with Gasteiger partial charge < -0.3 is 5.11 Å². The van der Waals surface area contributed by atoms with Crippen LogP contribution in [0.2, 0.25) is 0 Å². The molecular formula is C8H11N3O2. The molecule has 2 N–H and O–H groups in total. The molecule has 0 bridgehead atoms. The highest BCUT2D eigenvalue weighted by molar-refractivity contribution is 5.86. The molecule has 70 valence electrons. The van der Waals surface area contributed by atoms with Crippen LogP contribution >= 0.6 is 0 Å². The number of aromatic nitrogens is 3. The third kappa shape index (κ3) is 1.41. The number of carbonyl (C=O) groups is 1. The highest BCUT2D eigenvalue weighted by Crippen LogP contribution is 2.42. The number of carboxylic acids is 1. The minimum Gasteiger partial charge on any atom is -0.476 e. The largest absolute Gasteiger partial charge is 0.476 e. The number of rotatable bonds is 3. The summed E-state index contributed by atoms with van der Waals surface area (Å²) in [6, 6.07) is 0. The molecular weight excluding hydrogens is 170 g/mol. The van der Waals surface area contributed by atoms with E-state index in [0.717, 1.165) is 0 Å². The zero-order valence-electron chi connectivity index (χ0n) is 7.32. The first kappa shape index (κ1) is 8.22. The predicted molar refractivity (Wildman–Crippen MR) is 44.5 cm³/mol. The van der Waals surface area contributed by atoms with E-state index in [1.54, 1.807) is 0 Å². The van der Waals surface area contributed by atoms with Crippen molar-refractivity contribution in [2.75, 3.05) is 0 Å². The maximum absolute atomic E-state index is 10.7. The molecule has 5 heteroatoms. The van der Waals surface area contributed by atoms with Crippen molar-refractivity contribution in [1.29, 1.82) is 0 Å². The predicted octanol–water partition coefficient (Wildman–Crippen LogP) is 1.02. The van der Waals surface area contributed by atoms with Gasteiger partial charge in [0, 0.05) is 5.92 Å². The fraction of sp³-hybridized carbons (Fsp3) is 0.625. The van der Waals surface area contributed by atoms with Gasteiger partial charge in [0.15, 0.2) is 5.69 Å². The van der Waals surface area contributed by atoms with E-state index in [0.29, 0.717) is 11.6 Å². The molecule has 0 amide bonds. The molecule has 0 saturated heterocycles. The van der Waals surface area contributed by atoms with Crippen molar-refractivity contribution in [2.24, 2.45) is 5.92 Å². The third-order valence-electron chi connectivity index (χ3n) is 2.54. The van der Waals surface area contributed by atoms with E-state index >= 15 is 0 Å². The zero-order valence-corrected chi connectivity index (χ0v) is 7.32. The van der Waals surface area contributed by atoms with E-state index in [1.807, 2.05) is 6.92 Å². The highest BCUT2D eigenvalue weighted by Gasteiger charge is 2.33. The van der Waals surface area contributed by atoms with Crippen molar-refractivity contribution in [3.63, 3.8) is 0 Å². The Morgan fingerprint density at radius 2 is 2.31 bits per heavy atom. The van der Waals surface area contributed by atoms with E-state index in [9.17, 15) is 4.79 Å². The molecule has 0 aliphatic heterocycles. The van der Waals surface area contributed by atoms with Gasteiger partial charge in [0.1, 0.15) is 5.69 Å². The molecule has 1 aromatic rings. The topological polar surface area (TPSA) is 78.9 Å². The lowest BCUT2D eigenvalue weighted by Crippen LogP contribution is -2.06. The molecule has 5 nitrogen and oxygen atoms in total. The number of hydrogen-bond donors (Lipinski definition) is 2. The summed E-state index contributed by atoms with van der Waals surface area (Å²) in [6.07, 6.45) is 2.35. The standard InChI is InChI=1S/C8H11N3O2/c1-4(5-2-3-5)6-7(8(12)13)10-11-9-6/h4-5H,2-3H2,1H3,(H,12,13)(H,9,10,11). The summed E-state index contributed by atoms with van der Waals surface area (Å²) in [5.41, 5.74) is 0.661. The van der Waals surface area contributed by atoms with E-state index < -0.39 is 5.97 Å². The summed E-state index contributed by atoms with van der Waals surface area (Å²) in [5.74, 6) is -0.190. The molecule has 1 atom stereocenters. The molecule has 1 saturated carbocycles. The van der Waals surface area contributed by atoms with Crippen LogP contribution in [0.3, 0.4) is 0 Å². The molecule has 0 spiro atoms. The summed E-state index contributed by atoms with van der Waals surface area (Å²) in [6.45, 7) is 2.00. The number of carboxylic acid groups (broad SMARTS) is 1. The van der Waals surface area contributed by atoms with E-state index in [4.69, 9.17) is 5.11 Å². The van der Waals surface area contributed by atoms with Gasteiger partial charge in [0.25, 0.3) is 0 Å². The molecule has 1 heterocycles. The van der Waals surface area contributed by atoms with Crippen molar-refractivity contribution in [2.45, 2.75) is 25.7 Å². The van der Waals surface area contributed by atoms with Crippen molar-refractivity contribution < 1.29 is 9.90 Å². The number of hydrogen-bond acceptors (Lipinski definition) is 3. The molecule has 13 heavy (non-hydrogen) atoms. The average molecular weight is 181 g/mol. The number of nitrogens with zero attached hydrogens (tertiary/aromatic N) is 2. The smallest absolute Gasteiger partial charge is 0.358 e. The Labute approximate surface area is 75.2 Å². The normalized spacial score (nSPS) is 18.5. The number of aromatic carboxylic acids is 1. The second kappa shape index (κ2) is 2.83. The first-order valence-electron chi connectivity index (χ1n) is 4.34. The lowest BCUT2D eigenvalue weighted by atomic mass is 10.0. The first-order chi connectivity index (χ1) is 6.20. The van der Waals surface area contributed by atoms with Gasteiger partial charge >= 0.3 is 5.97 Å². The third-order valence-corrected chi connectivity index (χ3v) is 2.54. The maximum Gasteiger partial charge on any atom is 0.358 e. The van der Waals surface area contributed by atoms with E-state index in [1.165, 1.54) is 12.8 Å². The Hall–Kier alpha value is -1.39. The second-order valence-electron chi connectivity index (χ2n) is 3.49. The first-order valence-corrected chi connectivity index (χ1v) is 4.34. The number of H-pyrrole nitrogens is 1. The van der Waals surface area contributed by atoms with E-state index in [2.05, 4.69) is 15.4 Å². The van der Waals surface area contributed by atoms with Crippen LogP contribution in [0.4, 0.5) is 0 Å². The molecule has 0 aromatic carbocycles. The zero-order chi connectivity index (χ0) is 9.42. The second-order valence-corrected chi connectivity index (χ2v) is 3.49. The lowest BCUT2D eigenvalue weighted by Gasteiger charge is -2.05. The lowest BCUT2D eigenvalue weighted by molar-refractivity contribution is 0.0688. The van der Waals surface area contributed by atoms with Gasteiger partial charge in [-0.1, -0.05) is 6.92 Å². The molecule has 1 unspecified atom stereocenters. The number of aromatic amines is 1. The van der Waals surface area contributed by atoms with Crippen LogP contribution < -0.4 is 0 Å². The maximum atomic E-state index is 10.7. The summed E-state index contributed by atoms with van der Waals surface area (Å²) >= 11 is 0. The minimum absolute atomic E-state index is 0.0689. The SMILES string of the molecule is CC(c1n[nH]nc1C(=O)O)C1CC1. The van der Waals surface area contributed by atoms with Gasteiger partial charge in [-0.15, -0.1) is 5.10 Å². The summed E-state index contributed by atoms with van der Waals surface area (Å²) in [4.78, 5) is 10.7. The summed E-state index contributed by atoms with van der Waals surface area (Å²) < 4.78 is 0. The summed E-state index contributed by atoms with van der Waals surface area (Å²) in [5, 5.41) is 18.6. The van der Waals surface area contributed by atoms with Gasteiger partial charge in [-0.3, -0.25) is 0 Å². The quantitative estimate of drug-likeness (QED) is 0.729. The Kier molecular flexibility index (Phi) is 1.79. The monoisotopic (exact) mass is 181 g/mol. The van der Waals surface area contributed by atoms with Gasteiger partial charge in [-0.05, 0) is 18.8 Å². The van der Waals surface area contributed by atoms with Gasteiger partial charge in [0.05, 0.1) is 0 Å². The molecule has 1 aliphatic carbocycles. The van der Waals surface area contributed by atoms with Gasteiger partial charge in [-0.25, -0.2) is 4.79 Å². The molecule has 1 aliphatic rings. The Balaban J connectivity index is 2.27. The minimum atomic E-state index is -1.00. The summed E-state index contributed by atoms with van der Waals surface area (Å²) in [7, 11) is 0. The Morgan fingerprint density at radius 3 is 2.85 bits per heavy atom. The van der Waals surface area contributed by atoms with Crippen LogP contribution in [0.15, 0.2) is 0 Å². The van der Waals surface area contributed by atoms with Crippen LogP contribution in [0.1, 0.15) is 41.9 Å². The van der Waals surface area contributed by atoms with Crippen LogP contribution in [0, 0.1) is 5.92 Å². The van der Waals surface area contributed by atoms with Gasteiger partial charge in [-0.2, -0.15) is 10.3 Å². The van der Waals surface area contributed by atoms with Crippen molar-refractivity contribution in [3.05, 3.63) is 11.4 Å². The number of nitrogens with one attached hydrogen (secondary N) is 1. The van der Waals surface area contributed by atoms with Crippen molar-refractivity contribution >= 4 is 5.97 Å². The molecule has 0 radical (unpaired) electrons. The van der Waals surface area contributed by atoms with Crippen LogP contribution in [0.25, 0.3) is 0 Å². The average Bonchev–Trinajstić information content (AvgIpc) is 2.80. The van der Waals surface area contributed by atoms with E-state index in [-0.39, 0.29) is 11.6 Å². The Bertz CT molecular complexity index is 330. The molecule has 1 fully saturated rings. The highest BCUT2D eigenvalue weighted by atomic mass is 16.4. The molecule has 1 aromatic heterocycles. The van der Waals surface area contributed by atoms with Crippen molar-refractivity contribution in [1.82, 2.24) is 15.4 Å².